The van der Waals surface area contributed by atoms with Gasteiger partial charge >= 0.3 is 0 Å². The van der Waals surface area contributed by atoms with Crippen molar-refractivity contribution in [2.24, 2.45) is 5.10 Å². The number of amides is 1. The van der Waals surface area contributed by atoms with E-state index < -0.39 is 6.10 Å². The molecular formula is C13H18N2O2. The fraction of sp³-hybridized carbons (Fsp3) is 0.385. The molecule has 1 amide bonds. The van der Waals surface area contributed by atoms with Gasteiger partial charge in [-0.1, -0.05) is 25.1 Å². The van der Waals surface area contributed by atoms with Crippen LogP contribution in [0.2, 0.25) is 0 Å². The third kappa shape index (κ3) is 4.68. The summed E-state index contributed by atoms with van der Waals surface area (Å²) in [5, 5.41) is 3.94. The molecule has 1 aromatic carbocycles. The summed E-state index contributed by atoms with van der Waals surface area (Å²) in [6.45, 7) is 5.54. The topological polar surface area (TPSA) is 50.7 Å². The molecule has 0 aliphatic heterocycles. The van der Waals surface area contributed by atoms with Crippen molar-refractivity contribution in [3.8, 4) is 5.75 Å². The molecule has 1 rings (SSSR count). The van der Waals surface area contributed by atoms with Crippen molar-refractivity contribution in [3.63, 3.8) is 0 Å². The summed E-state index contributed by atoms with van der Waals surface area (Å²) in [4.78, 5) is 11.6. The predicted octanol–water partition coefficient (Wildman–Crippen LogP) is 2.36. The average molecular weight is 234 g/mol. The van der Waals surface area contributed by atoms with Crippen molar-refractivity contribution in [3.05, 3.63) is 30.3 Å². The second-order valence-corrected chi connectivity index (χ2v) is 3.75. The molecule has 0 saturated heterocycles. The van der Waals surface area contributed by atoms with Crippen molar-refractivity contribution in [1.29, 1.82) is 0 Å². The quantitative estimate of drug-likeness (QED) is 0.628. The van der Waals surface area contributed by atoms with E-state index in [4.69, 9.17) is 4.74 Å². The van der Waals surface area contributed by atoms with Crippen LogP contribution in [0.5, 0.6) is 5.75 Å². The van der Waals surface area contributed by atoms with Crippen LogP contribution in [0.3, 0.4) is 0 Å². The van der Waals surface area contributed by atoms with Gasteiger partial charge in [0, 0.05) is 5.71 Å². The molecule has 0 unspecified atom stereocenters. The van der Waals surface area contributed by atoms with E-state index in [1.165, 1.54) is 0 Å². The lowest BCUT2D eigenvalue weighted by molar-refractivity contribution is -0.127. The Morgan fingerprint density at radius 3 is 2.65 bits per heavy atom. The number of carbonyl (C=O) groups excluding carboxylic acids is 1. The lowest BCUT2D eigenvalue weighted by Gasteiger charge is -2.12. The van der Waals surface area contributed by atoms with Gasteiger partial charge in [0.05, 0.1) is 0 Å². The Labute approximate surface area is 102 Å². The van der Waals surface area contributed by atoms with Crippen LogP contribution in [0.1, 0.15) is 27.2 Å². The number of rotatable bonds is 5. The van der Waals surface area contributed by atoms with Gasteiger partial charge in [0.1, 0.15) is 5.75 Å². The van der Waals surface area contributed by atoms with Crippen molar-refractivity contribution < 1.29 is 9.53 Å². The molecule has 0 saturated carbocycles. The first kappa shape index (κ1) is 13.2. The minimum atomic E-state index is -0.564. The van der Waals surface area contributed by atoms with E-state index in [1.54, 1.807) is 6.92 Å². The van der Waals surface area contributed by atoms with E-state index in [1.807, 2.05) is 44.2 Å². The van der Waals surface area contributed by atoms with E-state index in [2.05, 4.69) is 10.5 Å². The normalized spacial score (nSPS) is 13.0. The molecule has 0 bridgehead atoms. The molecule has 4 heteroatoms. The zero-order valence-electron chi connectivity index (χ0n) is 10.4. The first-order valence-electron chi connectivity index (χ1n) is 5.68. The van der Waals surface area contributed by atoms with Gasteiger partial charge in [-0.25, -0.2) is 5.43 Å². The second kappa shape index (κ2) is 6.68. The first-order chi connectivity index (χ1) is 8.13. The summed E-state index contributed by atoms with van der Waals surface area (Å²) in [5.41, 5.74) is 3.36. The standard InChI is InChI=1S/C13H18N2O2/c1-4-10(2)14-15-13(16)11(3)17-12-8-6-5-7-9-12/h5-9,11H,4H2,1-3H3,(H,15,16)/b14-10+/t11-/m1/s1. The monoisotopic (exact) mass is 234 g/mol. The fourth-order valence-corrected chi connectivity index (χ4v) is 1.08. The van der Waals surface area contributed by atoms with Gasteiger partial charge < -0.3 is 4.74 Å². The Hall–Kier alpha value is -1.84. The average Bonchev–Trinajstić information content (AvgIpc) is 2.36. The number of hydrogen-bond acceptors (Lipinski definition) is 3. The highest BCUT2D eigenvalue weighted by Gasteiger charge is 2.13. The van der Waals surface area contributed by atoms with Crippen molar-refractivity contribution in [1.82, 2.24) is 5.43 Å². The fourth-order valence-electron chi connectivity index (χ4n) is 1.08. The molecule has 0 aromatic heterocycles. The Balaban J connectivity index is 2.48. The minimum absolute atomic E-state index is 0.248. The number of carbonyl (C=O) groups is 1. The lowest BCUT2D eigenvalue weighted by atomic mass is 10.3. The van der Waals surface area contributed by atoms with Crippen LogP contribution in [0, 0.1) is 0 Å². The Kier molecular flexibility index (Phi) is 5.20. The summed E-state index contributed by atoms with van der Waals surface area (Å²) in [5.74, 6) is 0.424. The molecule has 0 aliphatic carbocycles. The van der Waals surface area contributed by atoms with Crippen LogP contribution in [0.15, 0.2) is 35.4 Å². The second-order valence-electron chi connectivity index (χ2n) is 3.75. The molecule has 1 aromatic rings. The Morgan fingerprint density at radius 1 is 1.41 bits per heavy atom. The molecule has 17 heavy (non-hydrogen) atoms. The van der Waals surface area contributed by atoms with Crippen LogP contribution in [0.4, 0.5) is 0 Å². The molecule has 1 N–H and O–H groups in total. The largest absolute Gasteiger partial charge is 0.481 e. The molecule has 0 aliphatic rings. The minimum Gasteiger partial charge on any atom is -0.481 e. The molecule has 92 valence electrons. The van der Waals surface area contributed by atoms with Gasteiger partial charge in [-0.05, 0) is 32.4 Å². The summed E-state index contributed by atoms with van der Waals surface area (Å²) >= 11 is 0. The van der Waals surface area contributed by atoms with Crippen LogP contribution in [-0.4, -0.2) is 17.7 Å². The van der Waals surface area contributed by atoms with Gasteiger partial charge in [0.15, 0.2) is 6.10 Å². The number of nitrogens with one attached hydrogen (secondary N) is 1. The molecule has 0 heterocycles. The predicted molar refractivity (Wildman–Crippen MR) is 68.1 cm³/mol. The van der Waals surface area contributed by atoms with E-state index >= 15 is 0 Å². The van der Waals surface area contributed by atoms with E-state index in [-0.39, 0.29) is 5.91 Å². The van der Waals surface area contributed by atoms with Crippen LogP contribution < -0.4 is 10.2 Å². The zero-order valence-corrected chi connectivity index (χ0v) is 10.4. The maximum absolute atomic E-state index is 11.6. The van der Waals surface area contributed by atoms with Gasteiger partial charge in [0.25, 0.3) is 5.91 Å². The molecule has 0 radical (unpaired) electrons. The number of nitrogens with zero attached hydrogens (tertiary/aromatic N) is 1. The summed E-state index contributed by atoms with van der Waals surface area (Å²) in [6.07, 6.45) is 0.250. The highest BCUT2D eigenvalue weighted by Crippen LogP contribution is 2.10. The first-order valence-corrected chi connectivity index (χ1v) is 5.68. The maximum Gasteiger partial charge on any atom is 0.280 e. The summed E-state index contributed by atoms with van der Waals surface area (Å²) < 4.78 is 5.46. The SMILES string of the molecule is CC/C(C)=N/NC(=O)[C@@H](C)Oc1ccccc1. The third-order valence-electron chi connectivity index (χ3n) is 2.29. The van der Waals surface area contributed by atoms with E-state index in [9.17, 15) is 4.79 Å². The van der Waals surface area contributed by atoms with Crippen LogP contribution >= 0.6 is 0 Å². The zero-order chi connectivity index (χ0) is 12.7. The van der Waals surface area contributed by atoms with E-state index in [0.717, 1.165) is 12.1 Å². The van der Waals surface area contributed by atoms with Crippen molar-refractivity contribution >= 4 is 11.6 Å². The van der Waals surface area contributed by atoms with E-state index in [0.29, 0.717) is 5.75 Å². The number of hydrogen-bond donors (Lipinski definition) is 1. The Morgan fingerprint density at radius 2 is 2.06 bits per heavy atom. The van der Waals surface area contributed by atoms with Gasteiger partial charge in [-0.2, -0.15) is 5.10 Å². The molecule has 0 spiro atoms. The number of hydrazone groups is 1. The van der Waals surface area contributed by atoms with Crippen LogP contribution in [0.25, 0.3) is 0 Å². The van der Waals surface area contributed by atoms with Gasteiger partial charge in [0.2, 0.25) is 0 Å². The smallest absolute Gasteiger partial charge is 0.280 e. The van der Waals surface area contributed by atoms with Crippen molar-refractivity contribution in [2.75, 3.05) is 0 Å². The lowest BCUT2D eigenvalue weighted by Crippen LogP contribution is -2.33. The summed E-state index contributed by atoms with van der Waals surface area (Å²) in [6, 6.07) is 9.24. The number of ether oxygens (including phenoxy) is 1. The molecular weight excluding hydrogens is 216 g/mol. The number of para-hydroxylation sites is 1. The third-order valence-corrected chi connectivity index (χ3v) is 2.29. The summed E-state index contributed by atoms with van der Waals surface area (Å²) in [7, 11) is 0. The van der Waals surface area contributed by atoms with Gasteiger partial charge in [-0.3, -0.25) is 4.79 Å². The molecule has 4 nitrogen and oxygen atoms in total. The van der Waals surface area contributed by atoms with Crippen molar-refractivity contribution in [2.45, 2.75) is 33.3 Å². The maximum atomic E-state index is 11.6. The highest BCUT2D eigenvalue weighted by atomic mass is 16.5. The Bertz CT molecular complexity index is 388. The number of benzene rings is 1. The van der Waals surface area contributed by atoms with Gasteiger partial charge in [-0.15, -0.1) is 0 Å². The molecule has 0 fully saturated rings. The molecule has 1 atom stereocenters. The van der Waals surface area contributed by atoms with Crippen LogP contribution in [-0.2, 0) is 4.79 Å². The highest BCUT2D eigenvalue weighted by molar-refractivity contribution is 5.85.